The van der Waals surface area contributed by atoms with Crippen molar-refractivity contribution in [3.63, 3.8) is 0 Å². The van der Waals surface area contributed by atoms with Gasteiger partial charge in [-0.15, -0.1) is 0 Å². The van der Waals surface area contributed by atoms with Crippen LogP contribution in [0.15, 0.2) is 42.9 Å². The summed E-state index contributed by atoms with van der Waals surface area (Å²) in [7, 11) is 3.63. The second-order valence-corrected chi connectivity index (χ2v) is 8.11. The lowest BCUT2D eigenvalue weighted by molar-refractivity contribution is -0.141. The van der Waals surface area contributed by atoms with Gasteiger partial charge in [0.1, 0.15) is 5.82 Å². The van der Waals surface area contributed by atoms with Crippen molar-refractivity contribution in [1.82, 2.24) is 25.0 Å². The van der Waals surface area contributed by atoms with Gasteiger partial charge >= 0.3 is 0 Å². The Balaban J connectivity index is 1.64. The van der Waals surface area contributed by atoms with Crippen LogP contribution < -0.4 is 4.90 Å². The maximum atomic E-state index is 13.3. The Kier molecular flexibility index (Phi) is 5.17. The van der Waals surface area contributed by atoms with Crippen LogP contribution >= 0.6 is 0 Å². The van der Waals surface area contributed by atoms with Crippen molar-refractivity contribution in [2.24, 2.45) is 11.3 Å². The van der Waals surface area contributed by atoms with E-state index in [4.69, 9.17) is 0 Å². The summed E-state index contributed by atoms with van der Waals surface area (Å²) in [5.74, 6) is 1.01. The fraction of sp³-hybridized carbons (Fsp3) is 0.476. The summed E-state index contributed by atoms with van der Waals surface area (Å²) in [6.07, 6.45) is 6.35. The molecule has 8 nitrogen and oxygen atoms in total. The highest BCUT2D eigenvalue weighted by Crippen LogP contribution is 2.45. The van der Waals surface area contributed by atoms with Crippen LogP contribution in [0.4, 0.5) is 5.82 Å². The summed E-state index contributed by atoms with van der Waals surface area (Å²) in [4.78, 5) is 36.6. The predicted octanol–water partition coefficient (Wildman–Crippen LogP) is 1.32. The van der Waals surface area contributed by atoms with E-state index in [0.717, 1.165) is 18.7 Å². The Hall–Kier alpha value is -3.03. The summed E-state index contributed by atoms with van der Waals surface area (Å²) in [6.45, 7) is 2.52. The molecule has 8 heteroatoms. The minimum atomic E-state index is -0.507. The van der Waals surface area contributed by atoms with Gasteiger partial charge in [0, 0.05) is 52.4 Å². The number of carbonyl (C=O) groups excluding carboxylic acids is 2. The van der Waals surface area contributed by atoms with Crippen LogP contribution in [0.25, 0.3) is 0 Å². The van der Waals surface area contributed by atoms with Crippen LogP contribution in [0.2, 0.25) is 0 Å². The summed E-state index contributed by atoms with van der Waals surface area (Å²) in [6, 6.07) is 7.52. The maximum absolute atomic E-state index is 13.3. The molecule has 152 valence electrons. The molecule has 0 aromatic carbocycles. The number of anilines is 1. The van der Waals surface area contributed by atoms with E-state index in [0.29, 0.717) is 31.7 Å². The molecule has 2 aliphatic heterocycles. The minimum Gasteiger partial charge on any atom is -0.355 e. The second kappa shape index (κ2) is 7.77. The average molecular weight is 394 g/mol. The third kappa shape index (κ3) is 3.54. The van der Waals surface area contributed by atoms with Gasteiger partial charge in [-0.2, -0.15) is 10.2 Å². The number of fused-ring (bicyclic) bond motifs is 1. The maximum Gasteiger partial charge on any atom is 0.255 e. The molecule has 29 heavy (non-hydrogen) atoms. The fourth-order valence-corrected chi connectivity index (χ4v) is 4.73. The second-order valence-electron chi connectivity index (χ2n) is 8.11. The molecule has 0 bridgehead atoms. The van der Waals surface area contributed by atoms with E-state index in [9.17, 15) is 9.59 Å². The first-order valence-electron chi connectivity index (χ1n) is 9.95. The molecule has 4 rings (SSSR count). The molecule has 2 aliphatic rings. The van der Waals surface area contributed by atoms with Crippen LogP contribution in [0.1, 0.15) is 23.2 Å². The monoisotopic (exact) mass is 394 g/mol. The van der Waals surface area contributed by atoms with Gasteiger partial charge in [0.2, 0.25) is 5.91 Å². The summed E-state index contributed by atoms with van der Waals surface area (Å²) in [5.41, 5.74) is 0.0260. The Bertz CT molecular complexity index is 875. The van der Waals surface area contributed by atoms with Gasteiger partial charge in [-0.05, 0) is 31.0 Å². The molecule has 2 amide bonds. The number of hydrogen-bond acceptors (Lipinski definition) is 6. The molecule has 4 heterocycles. The number of nitrogens with zero attached hydrogens (tertiary/aromatic N) is 6. The first-order valence-corrected chi connectivity index (χ1v) is 9.95. The zero-order chi connectivity index (χ0) is 20.4. The molecule has 0 aliphatic carbocycles. The van der Waals surface area contributed by atoms with Gasteiger partial charge in [0.05, 0.1) is 23.4 Å². The van der Waals surface area contributed by atoms with Gasteiger partial charge in [0.25, 0.3) is 5.91 Å². The van der Waals surface area contributed by atoms with E-state index in [-0.39, 0.29) is 17.7 Å². The number of hydrogen-bond donors (Lipinski definition) is 0. The molecule has 2 aromatic rings. The highest BCUT2D eigenvalue weighted by molar-refractivity contribution is 5.94. The lowest BCUT2D eigenvalue weighted by atomic mass is 9.74. The highest BCUT2D eigenvalue weighted by Gasteiger charge is 2.54. The molecule has 2 aromatic heterocycles. The van der Waals surface area contributed by atoms with E-state index in [1.54, 1.807) is 17.2 Å². The number of aromatic nitrogens is 3. The topological polar surface area (TPSA) is 82.5 Å². The molecule has 0 N–H and O–H groups in total. The third-order valence-electron chi connectivity index (χ3n) is 6.11. The van der Waals surface area contributed by atoms with Crippen molar-refractivity contribution in [3.05, 3.63) is 48.4 Å². The smallest absolute Gasteiger partial charge is 0.255 e. The highest BCUT2D eigenvalue weighted by atomic mass is 16.2. The zero-order valence-corrected chi connectivity index (χ0v) is 16.9. The van der Waals surface area contributed by atoms with E-state index < -0.39 is 5.41 Å². The standard InChI is InChI=1S/C21H26N6O2/c1-25(2)20(29)21-8-5-11-26(19(28)16-7-10-23-24-12-16)13-17(21)14-27(15-21)18-6-3-4-9-22-18/h3-4,6-7,9-10,12,17H,5,8,11,13-15H2,1-2H3/t17-,21-/m0/s1. The molecule has 0 spiro atoms. The first-order chi connectivity index (χ1) is 14.0. The zero-order valence-electron chi connectivity index (χ0n) is 16.9. The summed E-state index contributed by atoms with van der Waals surface area (Å²) >= 11 is 0. The van der Waals surface area contributed by atoms with Crippen molar-refractivity contribution in [2.45, 2.75) is 12.8 Å². The van der Waals surface area contributed by atoms with Gasteiger partial charge < -0.3 is 14.7 Å². The molecule has 0 unspecified atom stereocenters. The summed E-state index contributed by atoms with van der Waals surface area (Å²) < 4.78 is 0. The van der Waals surface area contributed by atoms with Crippen LogP contribution in [0.3, 0.4) is 0 Å². The van der Waals surface area contributed by atoms with Crippen LogP contribution in [0, 0.1) is 11.3 Å². The lowest BCUT2D eigenvalue weighted by Crippen LogP contribution is -2.47. The van der Waals surface area contributed by atoms with Gasteiger partial charge in [0.15, 0.2) is 0 Å². The number of pyridine rings is 1. The van der Waals surface area contributed by atoms with Crippen LogP contribution in [0.5, 0.6) is 0 Å². The first kappa shape index (κ1) is 19.3. The third-order valence-corrected chi connectivity index (χ3v) is 6.11. The average Bonchev–Trinajstić information content (AvgIpc) is 3.02. The van der Waals surface area contributed by atoms with Crippen molar-refractivity contribution >= 4 is 17.6 Å². The van der Waals surface area contributed by atoms with Crippen molar-refractivity contribution in [1.29, 1.82) is 0 Å². The molecule has 0 radical (unpaired) electrons. The van der Waals surface area contributed by atoms with Gasteiger partial charge in [-0.3, -0.25) is 9.59 Å². The SMILES string of the molecule is CN(C)C(=O)[C@]12CCCN(C(=O)c3ccnnc3)C[C@H]1CN(c1ccccn1)C2. The van der Waals surface area contributed by atoms with E-state index in [1.807, 2.05) is 37.2 Å². The number of rotatable bonds is 3. The molecular weight excluding hydrogens is 368 g/mol. The van der Waals surface area contributed by atoms with Gasteiger partial charge in [-0.25, -0.2) is 4.98 Å². The largest absolute Gasteiger partial charge is 0.355 e. The normalized spacial score (nSPS) is 24.0. The number of amides is 2. The predicted molar refractivity (Wildman–Crippen MR) is 108 cm³/mol. The fourth-order valence-electron chi connectivity index (χ4n) is 4.73. The Labute approximate surface area is 170 Å². The molecule has 2 saturated heterocycles. The van der Waals surface area contributed by atoms with Crippen molar-refractivity contribution < 1.29 is 9.59 Å². The molecule has 0 saturated carbocycles. The summed E-state index contributed by atoms with van der Waals surface area (Å²) in [5, 5.41) is 7.59. The molecular formula is C21H26N6O2. The van der Waals surface area contributed by atoms with Gasteiger partial charge in [-0.1, -0.05) is 6.07 Å². The van der Waals surface area contributed by atoms with E-state index in [1.165, 1.54) is 12.4 Å². The van der Waals surface area contributed by atoms with Crippen molar-refractivity contribution in [3.8, 4) is 0 Å². The van der Waals surface area contributed by atoms with Crippen LogP contribution in [-0.2, 0) is 4.79 Å². The lowest BCUT2D eigenvalue weighted by Gasteiger charge is -2.34. The molecule has 2 atom stereocenters. The Morgan fingerprint density at radius 2 is 2.00 bits per heavy atom. The number of likely N-dealkylation sites (tertiary alicyclic amines) is 1. The number of carbonyl (C=O) groups is 2. The molecule has 2 fully saturated rings. The van der Waals surface area contributed by atoms with Crippen LogP contribution in [-0.4, -0.2) is 77.1 Å². The Morgan fingerprint density at radius 3 is 2.69 bits per heavy atom. The quantitative estimate of drug-likeness (QED) is 0.781. The minimum absolute atomic E-state index is 0.0423. The van der Waals surface area contributed by atoms with E-state index >= 15 is 0 Å². The van der Waals surface area contributed by atoms with E-state index in [2.05, 4.69) is 20.1 Å². The Morgan fingerprint density at radius 1 is 1.14 bits per heavy atom. The van der Waals surface area contributed by atoms with Crippen molar-refractivity contribution in [2.75, 3.05) is 45.2 Å².